The van der Waals surface area contributed by atoms with Gasteiger partial charge in [-0.25, -0.2) is 0 Å². The van der Waals surface area contributed by atoms with E-state index >= 15 is 0 Å². The van der Waals surface area contributed by atoms with Crippen molar-refractivity contribution in [1.82, 2.24) is 15.2 Å². The van der Waals surface area contributed by atoms with E-state index in [4.69, 9.17) is 0 Å². The van der Waals surface area contributed by atoms with Crippen molar-refractivity contribution in [2.45, 2.75) is 6.42 Å². The average molecular weight is 207 g/mol. The van der Waals surface area contributed by atoms with Crippen molar-refractivity contribution in [2.75, 3.05) is 26.7 Å². The van der Waals surface area contributed by atoms with Gasteiger partial charge in [-0.2, -0.15) is 0 Å². The quantitative estimate of drug-likeness (QED) is 0.766. The van der Waals surface area contributed by atoms with Gasteiger partial charge in [-0.1, -0.05) is 0 Å². The SMILES string of the molecule is CN1CCC(CNC(=O)c2ccc[nH]2)C1. The minimum absolute atomic E-state index is 0.00504. The number of aromatic amines is 1. The highest BCUT2D eigenvalue weighted by atomic mass is 16.1. The zero-order valence-electron chi connectivity index (χ0n) is 8.99. The third-order valence-electron chi connectivity index (χ3n) is 2.88. The van der Waals surface area contributed by atoms with Crippen molar-refractivity contribution in [2.24, 2.45) is 5.92 Å². The van der Waals surface area contributed by atoms with Crippen molar-refractivity contribution in [3.8, 4) is 0 Å². The third kappa shape index (κ3) is 2.59. The van der Waals surface area contributed by atoms with Crippen LogP contribution in [0.4, 0.5) is 0 Å². The van der Waals surface area contributed by atoms with Gasteiger partial charge in [0.1, 0.15) is 5.69 Å². The summed E-state index contributed by atoms with van der Waals surface area (Å²) in [7, 11) is 2.12. The number of nitrogens with one attached hydrogen (secondary N) is 2. The monoisotopic (exact) mass is 207 g/mol. The van der Waals surface area contributed by atoms with Gasteiger partial charge in [-0.3, -0.25) is 4.79 Å². The first-order valence-corrected chi connectivity index (χ1v) is 5.36. The number of likely N-dealkylation sites (tertiary alicyclic amines) is 1. The summed E-state index contributed by atoms with van der Waals surface area (Å²) < 4.78 is 0. The molecule has 1 saturated heterocycles. The Morgan fingerprint density at radius 2 is 2.60 bits per heavy atom. The number of carbonyl (C=O) groups excluding carboxylic acids is 1. The second-order valence-corrected chi connectivity index (χ2v) is 4.21. The maximum absolute atomic E-state index is 11.6. The van der Waals surface area contributed by atoms with Crippen LogP contribution < -0.4 is 5.32 Å². The van der Waals surface area contributed by atoms with Crippen LogP contribution in [-0.4, -0.2) is 42.5 Å². The van der Waals surface area contributed by atoms with Gasteiger partial charge in [0, 0.05) is 19.3 Å². The lowest BCUT2D eigenvalue weighted by Gasteiger charge is -2.10. The standard InChI is InChI=1S/C11H17N3O/c1-14-6-4-9(8-14)7-13-11(15)10-3-2-5-12-10/h2-3,5,9,12H,4,6-8H2,1H3,(H,13,15). The van der Waals surface area contributed by atoms with Crippen LogP contribution in [0.5, 0.6) is 0 Å². The first-order valence-electron chi connectivity index (χ1n) is 5.36. The maximum Gasteiger partial charge on any atom is 0.267 e. The Morgan fingerprint density at radius 1 is 1.73 bits per heavy atom. The Balaban J connectivity index is 1.76. The predicted octanol–water partition coefficient (Wildman–Crippen LogP) is 0.696. The molecule has 4 nitrogen and oxygen atoms in total. The Kier molecular flexibility index (Phi) is 3.06. The van der Waals surface area contributed by atoms with E-state index in [1.165, 1.54) is 6.42 Å². The van der Waals surface area contributed by atoms with E-state index in [2.05, 4.69) is 22.2 Å². The van der Waals surface area contributed by atoms with Crippen molar-refractivity contribution in [3.05, 3.63) is 24.0 Å². The molecule has 0 saturated carbocycles. The summed E-state index contributed by atoms with van der Waals surface area (Å²) >= 11 is 0. The van der Waals surface area contributed by atoms with Crippen molar-refractivity contribution < 1.29 is 4.79 Å². The molecular weight excluding hydrogens is 190 g/mol. The Morgan fingerprint density at radius 3 is 3.20 bits per heavy atom. The molecule has 0 aromatic carbocycles. The maximum atomic E-state index is 11.6. The highest BCUT2D eigenvalue weighted by Gasteiger charge is 2.19. The Labute approximate surface area is 89.7 Å². The summed E-state index contributed by atoms with van der Waals surface area (Å²) in [4.78, 5) is 16.8. The van der Waals surface area contributed by atoms with E-state index in [9.17, 15) is 4.79 Å². The molecule has 1 aromatic heterocycles. The molecule has 2 N–H and O–H groups in total. The molecule has 1 amide bonds. The van der Waals surface area contributed by atoms with E-state index in [-0.39, 0.29) is 5.91 Å². The molecule has 1 unspecified atom stereocenters. The molecule has 1 aromatic rings. The molecule has 82 valence electrons. The van der Waals surface area contributed by atoms with E-state index in [1.54, 1.807) is 12.3 Å². The number of hydrogen-bond donors (Lipinski definition) is 2. The van der Waals surface area contributed by atoms with Crippen molar-refractivity contribution >= 4 is 5.91 Å². The van der Waals surface area contributed by atoms with Crippen LogP contribution >= 0.6 is 0 Å². The molecule has 2 heterocycles. The molecule has 4 heteroatoms. The molecular formula is C11H17N3O. The van der Waals surface area contributed by atoms with Gasteiger partial charge in [0.05, 0.1) is 0 Å². The Bertz CT molecular complexity index is 321. The third-order valence-corrected chi connectivity index (χ3v) is 2.88. The van der Waals surface area contributed by atoms with E-state index in [0.717, 1.165) is 19.6 Å². The second kappa shape index (κ2) is 4.49. The van der Waals surface area contributed by atoms with Crippen LogP contribution in [-0.2, 0) is 0 Å². The molecule has 0 aliphatic carbocycles. The molecule has 2 rings (SSSR count). The number of hydrogen-bond acceptors (Lipinski definition) is 2. The predicted molar refractivity (Wildman–Crippen MR) is 58.7 cm³/mol. The molecule has 1 aliphatic rings. The van der Waals surface area contributed by atoms with Gasteiger partial charge >= 0.3 is 0 Å². The van der Waals surface area contributed by atoms with Gasteiger partial charge in [-0.05, 0) is 38.1 Å². The lowest BCUT2D eigenvalue weighted by molar-refractivity contribution is 0.0943. The zero-order chi connectivity index (χ0) is 10.7. The summed E-state index contributed by atoms with van der Waals surface area (Å²) in [5, 5.41) is 2.95. The van der Waals surface area contributed by atoms with Crippen LogP contribution in [0.2, 0.25) is 0 Å². The van der Waals surface area contributed by atoms with Gasteiger partial charge in [0.2, 0.25) is 0 Å². The Hall–Kier alpha value is -1.29. The number of carbonyl (C=O) groups is 1. The first-order chi connectivity index (χ1) is 7.25. The fraction of sp³-hybridized carbons (Fsp3) is 0.545. The number of nitrogens with zero attached hydrogens (tertiary/aromatic N) is 1. The summed E-state index contributed by atoms with van der Waals surface area (Å²) in [6.45, 7) is 3.01. The smallest absolute Gasteiger partial charge is 0.267 e. The van der Waals surface area contributed by atoms with Gasteiger partial charge in [0.25, 0.3) is 5.91 Å². The number of amides is 1. The molecule has 1 atom stereocenters. The van der Waals surface area contributed by atoms with Gasteiger partial charge in [0.15, 0.2) is 0 Å². The minimum atomic E-state index is -0.00504. The number of aromatic nitrogens is 1. The number of H-pyrrole nitrogens is 1. The number of rotatable bonds is 3. The minimum Gasteiger partial charge on any atom is -0.357 e. The average Bonchev–Trinajstić information content (AvgIpc) is 2.84. The van der Waals surface area contributed by atoms with Gasteiger partial charge in [-0.15, -0.1) is 0 Å². The molecule has 15 heavy (non-hydrogen) atoms. The van der Waals surface area contributed by atoms with Crippen LogP contribution in [0.15, 0.2) is 18.3 Å². The van der Waals surface area contributed by atoms with Crippen LogP contribution in [0, 0.1) is 5.92 Å². The second-order valence-electron chi connectivity index (χ2n) is 4.21. The normalized spacial score (nSPS) is 21.8. The molecule has 1 aliphatic heterocycles. The largest absolute Gasteiger partial charge is 0.357 e. The fourth-order valence-corrected chi connectivity index (χ4v) is 2.00. The van der Waals surface area contributed by atoms with E-state index in [0.29, 0.717) is 11.6 Å². The highest BCUT2D eigenvalue weighted by Crippen LogP contribution is 2.12. The zero-order valence-corrected chi connectivity index (χ0v) is 8.99. The first kappa shape index (κ1) is 10.2. The lowest BCUT2D eigenvalue weighted by Crippen LogP contribution is -2.30. The molecule has 0 radical (unpaired) electrons. The summed E-state index contributed by atoms with van der Waals surface area (Å²) in [6.07, 6.45) is 2.94. The lowest BCUT2D eigenvalue weighted by atomic mass is 10.1. The topological polar surface area (TPSA) is 48.1 Å². The van der Waals surface area contributed by atoms with Crippen LogP contribution in [0.3, 0.4) is 0 Å². The fourth-order valence-electron chi connectivity index (χ4n) is 2.00. The summed E-state index contributed by atoms with van der Waals surface area (Å²) in [5.41, 5.74) is 0.640. The van der Waals surface area contributed by atoms with Crippen LogP contribution in [0.25, 0.3) is 0 Å². The molecule has 1 fully saturated rings. The highest BCUT2D eigenvalue weighted by molar-refractivity contribution is 5.92. The van der Waals surface area contributed by atoms with Crippen molar-refractivity contribution in [1.29, 1.82) is 0 Å². The molecule has 0 bridgehead atoms. The van der Waals surface area contributed by atoms with Crippen LogP contribution in [0.1, 0.15) is 16.9 Å². The summed E-state index contributed by atoms with van der Waals surface area (Å²) in [6, 6.07) is 3.62. The van der Waals surface area contributed by atoms with Gasteiger partial charge < -0.3 is 15.2 Å². The van der Waals surface area contributed by atoms with Crippen molar-refractivity contribution in [3.63, 3.8) is 0 Å². The van der Waals surface area contributed by atoms with E-state index < -0.39 is 0 Å². The summed E-state index contributed by atoms with van der Waals surface area (Å²) in [5.74, 6) is 0.600. The molecule has 0 spiro atoms. The van der Waals surface area contributed by atoms with E-state index in [1.807, 2.05) is 6.07 Å².